The predicted octanol–water partition coefficient (Wildman–Crippen LogP) is 1.26. The first-order valence-corrected chi connectivity index (χ1v) is 7.43. The molecule has 0 unspecified atom stereocenters. The van der Waals surface area contributed by atoms with Gasteiger partial charge >= 0.3 is 0 Å². The number of nitrogens with one attached hydrogen (secondary N) is 1. The summed E-state index contributed by atoms with van der Waals surface area (Å²) in [5.41, 5.74) is 0.446. The predicted molar refractivity (Wildman–Crippen MR) is 66.0 cm³/mol. The number of hydrogen-bond acceptors (Lipinski definition) is 3. The van der Waals surface area contributed by atoms with Gasteiger partial charge in [-0.3, -0.25) is 4.79 Å². The highest BCUT2D eigenvalue weighted by molar-refractivity contribution is 7.91. The molecule has 0 spiro atoms. The Morgan fingerprint density at radius 1 is 1.41 bits per heavy atom. The minimum atomic E-state index is -2.97. The van der Waals surface area contributed by atoms with Crippen LogP contribution < -0.4 is 5.32 Å². The van der Waals surface area contributed by atoms with E-state index in [-0.39, 0.29) is 23.5 Å². The van der Waals surface area contributed by atoms with E-state index in [0.717, 1.165) is 0 Å². The summed E-state index contributed by atoms with van der Waals surface area (Å²) in [7, 11) is -2.97. The van der Waals surface area contributed by atoms with Crippen LogP contribution in [0.3, 0.4) is 0 Å². The molecule has 1 fully saturated rings. The van der Waals surface area contributed by atoms with E-state index in [0.29, 0.717) is 17.0 Å². The van der Waals surface area contributed by atoms with Gasteiger partial charge in [0.1, 0.15) is 0 Å². The van der Waals surface area contributed by atoms with E-state index in [1.54, 1.807) is 24.3 Å². The molecule has 1 aromatic rings. The van der Waals surface area contributed by atoms with Crippen LogP contribution in [0.5, 0.6) is 0 Å². The summed E-state index contributed by atoms with van der Waals surface area (Å²) in [6.07, 6.45) is 0.481. The molecule has 1 heterocycles. The van der Waals surface area contributed by atoms with Crippen molar-refractivity contribution in [2.24, 2.45) is 0 Å². The summed E-state index contributed by atoms with van der Waals surface area (Å²) >= 11 is 5.77. The molecule has 1 aromatic carbocycles. The molecule has 0 aliphatic carbocycles. The quantitative estimate of drug-likeness (QED) is 0.882. The van der Waals surface area contributed by atoms with Crippen molar-refractivity contribution >= 4 is 27.3 Å². The Morgan fingerprint density at radius 3 is 2.76 bits per heavy atom. The minimum Gasteiger partial charge on any atom is -0.348 e. The molecule has 1 amide bonds. The zero-order chi connectivity index (χ0) is 12.5. The van der Waals surface area contributed by atoms with E-state index in [1.165, 1.54) is 0 Å². The van der Waals surface area contributed by atoms with Crippen LogP contribution in [0.4, 0.5) is 0 Å². The molecule has 1 aliphatic rings. The van der Waals surface area contributed by atoms with Gasteiger partial charge in [-0.25, -0.2) is 8.42 Å². The number of sulfone groups is 1. The number of carbonyl (C=O) groups is 1. The molecule has 1 atom stereocenters. The normalized spacial score (nSPS) is 22.3. The third-order valence-corrected chi connectivity index (χ3v) is 4.66. The lowest BCUT2D eigenvalue weighted by Crippen LogP contribution is -2.35. The summed E-state index contributed by atoms with van der Waals surface area (Å²) in [5, 5.41) is 3.18. The van der Waals surface area contributed by atoms with Gasteiger partial charge in [-0.2, -0.15) is 0 Å². The maximum absolute atomic E-state index is 11.8. The van der Waals surface area contributed by atoms with Crippen molar-refractivity contribution in [2.75, 3.05) is 11.5 Å². The molecule has 1 aliphatic heterocycles. The lowest BCUT2D eigenvalue weighted by molar-refractivity contribution is 0.0941. The molecule has 17 heavy (non-hydrogen) atoms. The molecule has 0 radical (unpaired) electrons. The van der Waals surface area contributed by atoms with E-state index < -0.39 is 9.84 Å². The van der Waals surface area contributed by atoms with Gasteiger partial charge in [0.05, 0.1) is 11.5 Å². The van der Waals surface area contributed by atoms with Crippen LogP contribution in [-0.4, -0.2) is 31.9 Å². The maximum atomic E-state index is 11.8. The highest BCUT2D eigenvalue weighted by atomic mass is 35.5. The molecular weight excluding hydrogens is 262 g/mol. The second-order valence-corrected chi connectivity index (χ2v) is 6.75. The van der Waals surface area contributed by atoms with Crippen molar-refractivity contribution in [3.8, 4) is 0 Å². The van der Waals surface area contributed by atoms with Crippen molar-refractivity contribution in [3.63, 3.8) is 0 Å². The Labute approximate surface area is 105 Å². The molecular formula is C11H12ClNO3S. The topological polar surface area (TPSA) is 63.2 Å². The van der Waals surface area contributed by atoms with Gasteiger partial charge in [0.25, 0.3) is 5.91 Å². The van der Waals surface area contributed by atoms with Gasteiger partial charge in [-0.1, -0.05) is 17.7 Å². The average molecular weight is 274 g/mol. The second-order valence-electron chi connectivity index (χ2n) is 4.08. The molecule has 1 saturated heterocycles. The van der Waals surface area contributed by atoms with Crippen molar-refractivity contribution in [1.82, 2.24) is 5.32 Å². The molecule has 1 N–H and O–H groups in total. The molecule has 0 aromatic heterocycles. The van der Waals surface area contributed by atoms with Crippen LogP contribution in [0.15, 0.2) is 24.3 Å². The molecule has 0 bridgehead atoms. The van der Waals surface area contributed by atoms with Gasteiger partial charge in [-0.05, 0) is 24.6 Å². The number of amides is 1. The highest BCUT2D eigenvalue weighted by Crippen LogP contribution is 2.14. The fraction of sp³-hybridized carbons (Fsp3) is 0.364. The van der Waals surface area contributed by atoms with Gasteiger partial charge in [0.15, 0.2) is 9.84 Å². The molecule has 6 heteroatoms. The first-order chi connectivity index (χ1) is 7.96. The molecule has 0 saturated carbocycles. The SMILES string of the molecule is O=C(N[C@@H]1CCS(=O)(=O)C1)c1cccc(Cl)c1. The third kappa shape index (κ3) is 3.20. The number of hydrogen-bond donors (Lipinski definition) is 1. The molecule has 2 rings (SSSR count). The number of rotatable bonds is 2. The Balaban J connectivity index is 2.03. The Kier molecular flexibility index (Phi) is 3.40. The number of carbonyl (C=O) groups excluding carboxylic acids is 1. The number of halogens is 1. The third-order valence-electron chi connectivity index (χ3n) is 2.65. The lowest BCUT2D eigenvalue weighted by Gasteiger charge is -2.10. The van der Waals surface area contributed by atoms with Gasteiger partial charge < -0.3 is 5.32 Å². The first kappa shape index (κ1) is 12.4. The Morgan fingerprint density at radius 2 is 2.18 bits per heavy atom. The van der Waals surface area contributed by atoms with Gasteiger partial charge in [0, 0.05) is 16.6 Å². The van der Waals surface area contributed by atoms with Gasteiger partial charge in [-0.15, -0.1) is 0 Å². The van der Waals surface area contributed by atoms with E-state index in [2.05, 4.69) is 5.32 Å². The van der Waals surface area contributed by atoms with Crippen molar-refractivity contribution in [3.05, 3.63) is 34.9 Å². The largest absolute Gasteiger partial charge is 0.348 e. The Hall–Kier alpha value is -1.07. The van der Waals surface area contributed by atoms with E-state index in [4.69, 9.17) is 11.6 Å². The Bertz CT molecular complexity index is 541. The summed E-state index contributed by atoms with van der Waals surface area (Å²) < 4.78 is 22.5. The summed E-state index contributed by atoms with van der Waals surface area (Å²) in [4.78, 5) is 11.8. The van der Waals surface area contributed by atoms with Crippen molar-refractivity contribution in [2.45, 2.75) is 12.5 Å². The standard InChI is InChI=1S/C11H12ClNO3S/c12-9-3-1-2-8(6-9)11(14)13-10-4-5-17(15,16)7-10/h1-3,6,10H,4-5,7H2,(H,13,14)/t10-/m1/s1. The van der Waals surface area contributed by atoms with Crippen LogP contribution in [0.1, 0.15) is 16.8 Å². The first-order valence-electron chi connectivity index (χ1n) is 5.23. The lowest BCUT2D eigenvalue weighted by atomic mass is 10.2. The number of benzene rings is 1. The summed E-state index contributed by atoms with van der Waals surface area (Å²) in [6, 6.07) is 6.28. The molecule has 92 valence electrons. The minimum absolute atomic E-state index is 0.0271. The average Bonchev–Trinajstić information content (AvgIpc) is 2.58. The van der Waals surface area contributed by atoms with Crippen LogP contribution in [0, 0.1) is 0 Å². The molecule has 4 nitrogen and oxygen atoms in total. The van der Waals surface area contributed by atoms with Crippen molar-refractivity contribution in [1.29, 1.82) is 0 Å². The van der Waals surface area contributed by atoms with Crippen LogP contribution in [0.2, 0.25) is 5.02 Å². The van der Waals surface area contributed by atoms with Crippen LogP contribution in [0.25, 0.3) is 0 Å². The van der Waals surface area contributed by atoms with Crippen LogP contribution >= 0.6 is 11.6 Å². The van der Waals surface area contributed by atoms with Crippen LogP contribution in [-0.2, 0) is 9.84 Å². The maximum Gasteiger partial charge on any atom is 0.251 e. The summed E-state index contributed by atoms with van der Waals surface area (Å²) in [6.45, 7) is 0. The fourth-order valence-electron chi connectivity index (χ4n) is 1.81. The summed E-state index contributed by atoms with van der Waals surface area (Å²) in [5.74, 6) is -0.109. The highest BCUT2D eigenvalue weighted by Gasteiger charge is 2.29. The van der Waals surface area contributed by atoms with E-state index in [9.17, 15) is 13.2 Å². The monoisotopic (exact) mass is 273 g/mol. The smallest absolute Gasteiger partial charge is 0.251 e. The zero-order valence-electron chi connectivity index (χ0n) is 9.02. The second kappa shape index (κ2) is 4.66. The fourth-order valence-corrected chi connectivity index (χ4v) is 3.67. The van der Waals surface area contributed by atoms with Gasteiger partial charge in [0.2, 0.25) is 0 Å². The van der Waals surface area contributed by atoms with Crippen molar-refractivity contribution < 1.29 is 13.2 Å². The van der Waals surface area contributed by atoms with E-state index in [1.807, 2.05) is 0 Å². The zero-order valence-corrected chi connectivity index (χ0v) is 10.6. The van der Waals surface area contributed by atoms with E-state index >= 15 is 0 Å².